The molecule has 0 spiro atoms. The molecular weight excluding hydrogens is 336 g/mol. The highest BCUT2D eigenvalue weighted by Gasteiger charge is 2.39. The Morgan fingerprint density at radius 1 is 0.714 bits per heavy atom. The van der Waals surface area contributed by atoms with Gasteiger partial charge in [-0.3, -0.25) is 0 Å². The summed E-state index contributed by atoms with van der Waals surface area (Å²) < 4.78 is 0. The van der Waals surface area contributed by atoms with Gasteiger partial charge in [0.1, 0.15) is 0 Å². The Kier molecular flexibility index (Phi) is 4.88. The second-order valence-electron chi connectivity index (χ2n) is 7.66. The molecule has 0 radical (unpaired) electrons. The molecule has 0 nitrogen and oxygen atoms in total. The first-order chi connectivity index (χ1) is 13.6. The van der Waals surface area contributed by atoms with Crippen LogP contribution in [0, 0.1) is 13.8 Å². The van der Waals surface area contributed by atoms with Crippen LogP contribution in [0.2, 0.25) is 0 Å². The van der Waals surface area contributed by atoms with Gasteiger partial charge in [-0.1, -0.05) is 115 Å². The summed E-state index contributed by atoms with van der Waals surface area (Å²) in [5.41, 5.74) is 8.36. The first kappa shape index (κ1) is 18.3. The summed E-state index contributed by atoms with van der Waals surface area (Å²) in [5, 5.41) is 0. The van der Waals surface area contributed by atoms with E-state index in [1.807, 2.05) is 0 Å². The van der Waals surface area contributed by atoms with Crippen molar-refractivity contribution < 1.29 is 0 Å². The van der Waals surface area contributed by atoms with Crippen LogP contribution in [0.3, 0.4) is 0 Å². The fraction of sp³-hybridized carbons (Fsp3) is 0.143. The van der Waals surface area contributed by atoms with Crippen LogP contribution in [0.5, 0.6) is 0 Å². The number of hydrogen-bond donors (Lipinski definition) is 0. The highest BCUT2D eigenvalue weighted by atomic mass is 14.4. The van der Waals surface area contributed by atoms with E-state index in [1.54, 1.807) is 0 Å². The molecule has 1 aliphatic rings. The highest BCUT2D eigenvalue weighted by Crippen LogP contribution is 2.47. The van der Waals surface area contributed by atoms with Crippen LogP contribution in [-0.4, -0.2) is 0 Å². The fourth-order valence-corrected chi connectivity index (χ4v) is 4.26. The van der Waals surface area contributed by atoms with E-state index in [2.05, 4.69) is 118 Å². The van der Waals surface area contributed by atoms with Gasteiger partial charge in [-0.2, -0.15) is 0 Å². The van der Waals surface area contributed by atoms with Crippen LogP contribution in [0.25, 0.3) is 0 Å². The van der Waals surface area contributed by atoms with Crippen molar-refractivity contribution in [3.63, 3.8) is 0 Å². The van der Waals surface area contributed by atoms with Crippen LogP contribution in [0.4, 0.5) is 0 Å². The Morgan fingerprint density at radius 2 is 1.29 bits per heavy atom. The maximum Gasteiger partial charge on any atom is 0.0698 e. The van der Waals surface area contributed by atoms with Gasteiger partial charge < -0.3 is 0 Å². The predicted octanol–water partition coefficient (Wildman–Crippen LogP) is 6.86. The third-order valence-electron chi connectivity index (χ3n) is 5.75. The van der Waals surface area contributed by atoms with Crippen LogP contribution in [-0.2, 0) is 11.8 Å². The van der Waals surface area contributed by atoms with Crippen molar-refractivity contribution in [2.75, 3.05) is 0 Å². The van der Waals surface area contributed by atoms with Gasteiger partial charge in [0, 0.05) is 0 Å². The molecule has 0 aliphatic heterocycles. The van der Waals surface area contributed by atoms with Gasteiger partial charge in [0.25, 0.3) is 0 Å². The van der Waals surface area contributed by atoms with Crippen LogP contribution in [0.1, 0.15) is 33.4 Å². The zero-order valence-electron chi connectivity index (χ0n) is 16.7. The number of fused-ring (bicyclic) bond motifs is 1. The molecule has 0 N–H and O–H groups in total. The molecule has 0 saturated carbocycles. The van der Waals surface area contributed by atoms with E-state index < -0.39 is 5.41 Å². The molecule has 28 heavy (non-hydrogen) atoms. The highest BCUT2D eigenvalue weighted by molar-refractivity contribution is 5.63. The third kappa shape index (κ3) is 3.05. The Bertz CT molecular complexity index is 998. The van der Waals surface area contributed by atoms with Crippen molar-refractivity contribution in [1.82, 2.24) is 0 Å². The third-order valence-corrected chi connectivity index (χ3v) is 5.75. The average Bonchev–Trinajstić information content (AvgIpc) is 2.78. The summed E-state index contributed by atoms with van der Waals surface area (Å²) in [6.07, 6.45) is 9.54. The molecule has 0 aromatic heterocycles. The number of benzene rings is 3. The molecule has 3 aromatic rings. The first-order valence-electron chi connectivity index (χ1n) is 9.87. The maximum absolute atomic E-state index is 4.59. The molecule has 138 valence electrons. The van der Waals surface area contributed by atoms with E-state index in [9.17, 15) is 0 Å². The molecular formula is C28H26. The molecule has 0 amide bonds. The lowest BCUT2D eigenvalue weighted by atomic mass is 9.63. The molecule has 3 aromatic carbocycles. The summed E-state index contributed by atoms with van der Waals surface area (Å²) in [5.74, 6) is 0. The summed E-state index contributed by atoms with van der Waals surface area (Å²) in [6, 6.07) is 26.7. The van der Waals surface area contributed by atoms with Crippen LogP contribution >= 0.6 is 0 Å². The molecule has 0 heteroatoms. The minimum absolute atomic E-state index is 0.416. The van der Waals surface area contributed by atoms with Crippen molar-refractivity contribution in [3.05, 3.63) is 143 Å². The molecule has 0 heterocycles. The number of aryl methyl sites for hydroxylation is 2. The largest absolute Gasteiger partial charge is 0.0942 e. The van der Waals surface area contributed by atoms with E-state index in [0.29, 0.717) is 0 Å². The lowest BCUT2D eigenvalue weighted by molar-refractivity contribution is 0.736. The zero-order valence-corrected chi connectivity index (χ0v) is 16.7. The second kappa shape index (κ2) is 7.48. The second-order valence-corrected chi connectivity index (χ2v) is 7.66. The Balaban J connectivity index is 2.12. The van der Waals surface area contributed by atoms with Crippen molar-refractivity contribution in [3.8, 4) is 0 Å². The Morgan fingerprint density at radius 3 is 1.89 bits per heavy atom. The maximum atomic E-state index is 4.59. The van der Waals surface area contributed by atoms with Crippen LogP contribution in [0.15, 0.2) is 109 Å². The van der Waals surface area contributed by atoms with Gasteiger partial charge in [-0.25, -0.2) is 0 Å². The normalized spacial score (nSPS) is 17.7. The van der Waals surface area contributed by atoms with E-state index in [-0.39, 0.29) is 0 Å². The van der Waals surface area contributed by atoms with E-state index in [1.165, 1.54) is 33.4 Å². The fourth-order valence-electron chi connectivity index (χ4n) is 4.26. The van der Waals surface area contributed by atoms with Crippen molar-refractivity contribution in [2.24, 2.45) is 0 Å². The zero-order chi connectivity index (χ0) is 19.6. The molecule has 0 bridgehead atoms. The van der Waals surface area contributed by atoms with Crippen molar-refractivity contribution >= 4 is 0 Å². The Labute approximate surface area is 168 Å². The summed E-state index contributed by atoms with van der Waals surface area (Å²) in [4.78, 5) is 0. The monoisotopic (exact) mass is 362 g/mol. The SMILES string of the molecule is C=C1/C=C\C=C/Cc2ccccc2C1(c1ccc(C)cc1)c1ccc(C)cc1. The van der Waals surface area contributed by atoms with Crippen molar-refractivity contribution in [2.45, 2.75) is 25.7 Å². The topological polar surface area (TPSA) is 0 Å². The van der Waals surface area contributed by atoms with Gasteiger partial charge in [0.15, 0.2) is 0 Å². The quantitative estimate of drug-likeness (QED) is 0.467. The Hall–Kier alpha value is -3.12. The smallest absolute Gasteiger partial charge is 0.0698 e. The first-order valence-corrected chi connectivity index (χ1v) is 9.87. The molecule has 0 saturated heterocycles. The average molecular weight is 363 g/mol. The van der Waals surface area contributed by atoms with Crippen molar-refractivity contribution in [1.29, 1.82) is 0 Å². The molecule has 0 unspecified atom stereocenters. The molecule has 1 aliphatic carbocycles. The number of rotatable bonds is 2. The van der Waals surface area contributed by atoms with E-state index in [4.69, 9.17) is 0 Å². The minimum atomic E-state index is -0.416. The van der Waals surface area contributed by atoms with Gasteiger partial charge in [0.05, 0.1) is 5.41 Å². The summed E-state index contributed by atoms with van der Waals surface area (Å²) in [6.45, 7) is 8.86. The predicted molar refractivity (Wildman–Crippen MR) is 120 cm³/mol. The van der Waals surface area contributed by atoms with Gasteiger partial charge in [0.2, 0.25) is 0 Å². The number of hydrogen-bond acceptors (Lipinski definition) is 0. The minimum Gasteiger partial charge on any atom is -0.0942 e. The van der Waals surface area contributed by atoms with Crippen LogP contribution < -0.4 is 0 Å². The van der Waals surface area contributed by atoms with E-state index in [0.717, 1.165) is 12.0 Å². The van der Waals surface area contributed by atoms with Gasteiger partial charge in [-0.05, 0) is 48.1 Å². The molecule has 0 atom stereocenters. The summed E-state index contributed by atoms with van der Waals surface area (Å²) >= 11 is 0. The van der Waals surface area contributed by atoms with E-state index >= 15 is 0 Å². The molecule has 4 rings (SSSR count). The van der Waals surface area contributed by atoms with Gasteiger partial charge in [-0.15, -0.1) is 0 Å². The lowest BCUT2D eigenvalue weighted by Crippen LogP contribution is -2.32. The molecule has 0 fully saturated rings. The lowest BCUT2D eigenvalue weighted by Gasteiger charge is -2.38. The van der Waals surface area contributed by atoms with Gasteiger partial charge >= 0.3 is 0 Å². The summed E-state index contributed by atoms with van der Waals surface area (Å²) in [7, 11) is 0. The number of allylic oxidation sites excluding steroid dienone is 5. The standard InChI is InChI=1S/C28H26/c1-21-13-17-25(18-14-21)28(26-19-15-22(2)16-20-26)23(3)9-5-4-6-10-24-11-7-8-12-27(24)28/h4-9,11-20H,3,10H2,1-2H3/b6-4-,9-5-.